The first-order chi connectivity index (χ1) is 4.81. The zero-order valence-electron chi connectivity index (χ0n) is 6.63. The first kappa shape index (κ1) is 9.76. The molecule has 10 heavy (non-hydrogen) atoms. The standard InChI is InChI=1S/C7H14N2S/c1-3-5-9(2)6-4-8-7-10/h3-6H2,1-2H3. The van der Waals surface area contributed by atoms with Crippen LogP contribution in [0.5, 0.6) is 0 Å². The molecule has 2 nitrogen and oxygen atoms in total. The average Bonchev–Trinajstić information content (AvgIpc) is 1.89. The van der Waals surface area contributed by atoms with E-state index in [1.807, 2.05) is 0 Å². The molecule has 0 aromatic carbocycles. The van der Waals surface area contributed by atoms with Gasteiger partial charge in [0.25, 0.3) is 0 Å². The highest BCUT2D eigenvalue weighted by Gasteiger charge is 1.92. The van der Waals surface area contributed by atoms with Crippen molar-refractivity contribution >= 4 is 17.4 Å². The molecule has 0 bridgehead atoms. The Morgan fingerprint density at radius 3 is 2.70 bits per heavy atom. The number of aliphatic imine (C=N–C) groups is 1. The Morgan fingerprint density at radius 2 is 2.20 bits per heavy atom. The maximum Gasteiger partial charge on any atom is 0.0620 e. The Kier molecular flexibility index (Phi) is 6.71. The summed E-state index contributed by atoms with van der Waals surface area (Å²) < 4.78 is 0. The lowest BCUT2D eigenvalue weighted by Crippen LogP contribution is -2.22. The lowest BCUT2D eigenvalue weighted by Gasteiger charge is -2.12. The van der Waals surface area contributed by atoms with Crippen molar-refractivity contribution in [3.05, 3.63) is 0 Å². The minimum atomic E-state index is 0.778. The van der Waals surface area contributed by atoms with Crippen LogP contribution in [-0.4, -0.2) is 36.7 Å². The van der Waals surface area contributed by atoms with Crippen LogP contribution >= 0.6 is 12.2 Å². The number of rotatable bonds is 5. The van der Waals surface area contributed by atoms with Crippen molar-refractivity contribution in [1.82, 2.24) is 4.90 Å². The largest absolute Gasteiger partial charge is 0.305 e. The molecule has 58 valence electrons. The van der Waals surface area contributed by atoms with E-state index in [9.17, 15) is 0 Å². The van der Waals surface area contributed by atoms with Gasteiger partial charge in [-0.25, -0.2) is 4.99 Å². The van der Waals surface area contributed by atoms with Gasteiger partial charge < -0.3 is 4.90 Å². The predicted molar refractivity (Wildman–Crippen MR) is 47.7 cm³/mol. The molecule has 0 aliphatic carbocycles. The molecule has 0 atom stereocenters. The SMILES string of the molecule is CCCN(C)CCN=C=S. The van der Waals surface area contributed by atoms with Crippen LogP contribution in [0.4, 0.5) is 0 Å². The number of likely N-dealkylation sites (N-methyl/N-ethyl adjacent to an activating group) is 1. The van der Waals surface area contributed by atoms with Gasteiger partial charge in [-0.3, -0.25) is 0 Å². The number of nitrogens with zero attached hydrogens (tertiary/aromatic N) is 2. The van der Waals surface area contributed by atoms with Gasteiger partial charge in [0.2, 0.25) is 0 Å². The Morgan fingerprint density at radius 1 is 1.50 bits per heavy atom. The van der Waals surface area contributed by atoms with Crippen LogP contribution < -0.4 is 0 Å². The molecule has 0 saturated carbocycles. The summed E-state index contributed by atoms with van der Waals surface area (Å²) in [6.45, 7) is 5.06. The van der Waals surface area contributed by atoms with E-state index in [-0.39, 0.29) is 0 Å². The molecular formula is C7H14N2S. The van der Waals surface area contributed by atoms with Crippen LogP contribution in [0.25, 0.3) is 0 Å². The van der Waals surface area contributed by atoms with Crippen LogP contribution in [0.1, 0.15) is 13.3 Å². The third-order valence-electron chi connectivity index (χ3n) is 1.26. The average molecular weight is 158 g/mol. The first-order valence-electron chi connectivity index (χ1n) is 3.53. The predicted octanol–water partition coefficient (Wildman–Crippen LogP) is 1.43. The molecule has 0 saturated heterocycles. The van der Waals surface area contributed by atoms with Crippen LogP contribution in [0.15, 0.2) is 4.99 Å². The summed E-state index contributed by atoms with van der Waals surface area (Å²) in [5, 5.41) is 2.35. The zero-order chi connectivity index (χ0) is 7.82. The van der Waals surface area contributed by atoms with E-state index in [0.29, 0.717) is 0 Å². The third kappa shape index (κ3) is 5.89. The van der Waals surface area contributed by atoms with E-state index in [4.69, 9.17) is 0 Å². The van der Waals surface area contributed by atoms with Gasteiger partial charge in [0.1, 0.15) is 0 Å². The normalized spacial score (nSPS) is 9.50. The molecule has 0 aromatic rings. The van der Waals surface area contributed by atoms with E-state index in [2.05, 4.69) is 41.2 Å². The second-order valence-electron chi connectivity index (χ2n) is 2.28. The van der Waals surface area contributed by atoms with Crippen LogP contribution in [-0.2, 0) is 0 Å². The summed E-state index contributed by atoms with van der Waals surface area (Å²) in [6.07, 6.45) is 1.19. The van der Waals surface area contributed by atoms with Crippen molar-refractivity contribution in [2.75, 3.05) is 26.7 Å². The molecule has 0 heterocycles. The Labute approximate surface area is 67.9 Å². The first-order valence-corrected chi connectivity index (χ1v) is 3.94. The lowest BCUT2D eigenvalue weighted by atomic mass is 10.4. The minimum absolute atomic E-state index is 0.778. The summed E-state index contributed by atoms with van der Waals surface area (Å²) in [5.74, 6) is 0. The molecule has 0 aromatic heterocycles. The molecule has 3 heteroatoms. The number of hydrogen-bond donors (Lipinski definition) is 0. The highest BCUT2D eigenvalue weighted by molar-refractivity contribution is 7.78. The van der Waals surface area contributed by atoms with Crippen molar-refractivity contribution in [3.63, 3.8) is 0 Å². The van der Waals surface area contributed by atoms with Crippen molar-refractivity contribution in [2.24, 2.45) is 4.99 Å². The number of thiocarbonyl (C=S) groups is 1. The molecule has 0 amide bonds. The number of isothiocyanates is 1. The minimum Gasteiger partial charge on any atom is -0.305 e. The van der Waals surface area contributed by atoms with E-state index in [1.54, 1.807) is 0 Å². The zero-order valence-corrected chi connectivity index (χ0v) is 7.45. The van der Waals surface area contributed by atoms with E-state index in [0.717, 1.165) is 19.6 Å². The van der Waals surface area contributed by atoms with Gasteiger partial charge in [0.15, 0.2) is 0 Å². The lowest BCUT2D eigenvalue weighted by molar-refractivity contribution is 0.345. The second-order valence-corrected chi connectivity index (χ2v) is 2.46. The van der Waals surface area contributed by atoms with E-state index < -0.39 is 0 Å². The maximum atomic E-state index is 4.43. The molecule has 0 N–H and O–H groups in total. The van der Waals surface area contributed by atoms with Gasteiger partial charge in [-0.05, 0) is 32.2 Å². The Hall–Kier alpha value is -0.240. The summed E-state index contributed by atoms with van der Waals surface area (Å²) >= 11 is 4.43. The number of hydrogen-bond acceptors (Lipinski definition) is 3. The van der Waals surface area contributed by atoms with Crippen LogP contribution in [0.2, 0.25) is 0 Å². The molecule has 0 aliphatic rings. The van der Waals surface area contributed by atoms with Crippen molar-refractivity contribution in [1.29, 1.82) is 0 Å². The summed E-state index contributed by atoms with van der Waals surface area (Å²) in [5.41, 5.74) is 0. The van der Waals surface area contributed by atoms with E-state index in [1.165, 1.54) is 6.42 Å². The van der Waals surface area contributed by atoms with Crippen LogP contribution in [0.3, 0.4) is 0 Å². The van der Waals surface area contributed by atoms with Crippen molar-refractivity contribution < 1.29 is 0 Å². The van der Waals surface area contributed by atoms with Gasteiger partial charge in [0.05, 0.1) is 11.7 Å². The van der Waals surface area contributed by atoms with Crippen molar-refractivity contribution in [2.45, 2.75) is 13.3 Å². The fraction of sp³-hybridized carbons (Fsp3) is 0.857. The highest BCUT2D eigenvalue weighted by atomic mass is 32.1. The topological polar surface area (TPSA) is 15.6 Å². The van der Waals surface area contributed by atoms with Crippen LogP contribution in [0, 0.1) is 0 Å². The molecule has 0 radical (unpaired) electrons. The van der Waals surface area contributed by atoms with Gasteiger partial charge in [-0.2, -0.15) is 0 Å². The van der Waals surface area contributed by atoms with Gasteiger partial charge in [0, 0.05) is 6.54 Å². The molecule has 0 unspecified atom stereocenters. The fourth-order valence-corrected chi connectivity index (χ4v) is 0.851. The molecule has 0 spiro atoms. The summed E-state index contributed by atoms with van der Waals surface area (Å²) in [6, 6.07) is 0. The van der Waals surface area contributed by atoms with E-state index >= 15 is 0 Å². The van der Waals surface area contributed by atoms with Gasteiger partial charge in [-0.1, -0.05) is 6.92 Å². The molecule has 0 fully saturated rings. The quantitative estimate of drug-likeness (QED) is 0.444. The third-order valence-corrected chi connectivity index (χ3v) is 1.39. The molecular weight excluding hydrogens is 144 g/mol. The Bertz CT molecular complexity index is 119. The highest BCUT2D eigenvalue weighted by Crippen LogP contribution is 1.84. The van der Waals surface area contributed by atoms with Crippen molar-refractivity contribution in [3.8, 4) is 0 Å². The monoisotopic (exact) mass is 158 g/mol. The second kappa shape index (κ2) is 6.87. The molecule has 0 rings (SSSR count). The summed E-state index contributed by atoms with van der Waals surface area (Å²) in [4.78, 5) is 6.05. The summed E-state index contributed by atoms with van der Waals surface area (Å²) in [7, 11) is 2.09. The Balaban J connectivity index is 3.20. The maximum absolute atomic E-state index is 4.43. The molecule has 0 aliphatic heterocycles. The van der Waals surface area contributed by atoms with Gasteiger partial charge >= 0.3 is 0 Å². The smallest absolute Gasteiger partial charge is 0.0620 e. The fourth-order valence-electron chi connectivity index (χ4n) is 0.760. The van der Waals surface area contributed by atoms with Gasteiger partial charge in [-0.15, -0.1) is 0 Å².